The highest BCUT2D eigenvalue weighted by Crippen LogP contribution is 1.60. The Morgan fingerprint density at radius 2 is 2.33 bits per heavy atom. The fraction of sp³-hybridized carbons (Fsp3) is 0. The highest BCUT2D eigenvalue weighted by atomic mass is 16.2. The largest absolute Gasteiger partial charge is 0.516 e. The molecule has 2 heteroatoms. The van der Waals surface area contributed by atoms with E-state index in [1.165, 1.54) is 12.0 Å². The van der Waals surface area contributed by atoms with Gasteiger partial charge in [-0.25, -0.2) is 4.79 Å². The maximum atomic E-state index is 9.22. The second-order valence-electron chi connectivity index (χ2n) is 0.626. The van der Waals surface area contributed by atoms with Gasteiger partial charge in [-0.3, -0.25) is 0 Å². The summed E-state index contributed by atoms with van der Waals surface area (Å²) < 4.78 is 0. The van der Waals surface area contributed by atoms with Crippen molar-refractivity contribution in [3.05, 3.63) is 18.4 Å². The molecule has 0 heterocycles. The van der Waals surface area contributed by atoms with E-state index in [4.69, 9.17) is 5.11 Å². The minimum Gasteiger partial charge on any atom is -0.516 e. The van der Waals surface area contributed by atoms with E-state index in [0.29, 0.717) is 0 Å². The predicted molar refractivity (Wildman–Crippen MR) is 22.0 cm³/mol. The van der Waals surface area contributed by atoms with Gasteiger partial charge in [0, 0.05) is 6.08 Å². The molecule has 0 aliphatic rings. The summed E-state index contributed by atoms with van der Waals surface area (Å²) in [5, 5.41) is 7.81. The molecule has 6 heavy (non-hydrogen) atoms. The fourth-order valence-electron chi connectivity index (χ4n) is 0.0823. The molecule has 1 N–H and O–H groups in total. The molecule has 0 radical (unpaired) electrons. The Labute approximate surface area is 35.4 Å². The van der Waals surface area contributed by atoms with Crippen LogP contribution in [0.1, 0.15) is 0 Å². The first-order valence-corrected chi connectivity index (χ1v) is 1.42. The van der Waals surface area contributed by atoms with Gasteiger partial charge in [-0.1, -0.05) is 0 Å². The zero-order valence-electron chi connectivity index (χ0n) is 3.09. The lowest BCUT2D eigenvalue weighted by Gasteiger charge is -1.56. The second kappa shape index (κ2) is 3.99. The van der Waals surface area contributed by atoms with E-state index in [2.05, 4.69) is 0 Å². The minimum absolute atomic E-state index is 0.769. The quantitative estimate of drug-likeness (QED) is 0.284. The number of hydrogen-bond donors (Lipinski definition) is 1. The summed E-state index contributed by atoms with van der Waals surface area (Å²) in [4.78, 5) is 9.22. The monoisotopic (exact) mass is 84.0 g/mol. The Bertz CT molecular complexity index is 87.7. The maximum Gasteiger partial charge on any atom is 0.124 e. The van der Waals surface area contributed by atoms with Gasteiger partial charge in [0.15, 0.2) is 0 Å². The normalized spacial score (nSPS) is 8.00. The summed E-state index contributed by atoms with van der Waals surface area (Å²) in [6, 6.07) is 0. The van der Waals surface area contributed by atoms with Crippen molar-refractivity contribution in [1.82, 2.24) is 0 Å². The molecule has 0 fully saturated rings. The summed E-state index contributed by atoms with van der Waals surface area (Å²) >= 11 is 0. The Hall–Kier alpha value is -1.01. The van der Waals surface area contributed by atoms with Crippen LogP contribution in [0.15, 0.2) is 18.4 Å². The molecule has 2 nitrogen and oxygen atoms in total. The first kappa shape index (κ1) is 4.99. The summed E-state index contributed by atoms with van der Waals surface area (Å²) in [7, 11) is 0. The van der Waals surface area contributed by atoms with Crippen LogP contribution >= 0.6 is 0 Å². The summed E-state index contributed by atoms with van der Waals surface area (Å²) in [5.41, 5.74) is 0. The molecule has 0 aliphatic carbocycles. The van der Waals surface area contributed by atoms with Crippen LogP contribution in [-0.2, 0) is 4.79 Å². The van der Waals surface area contributed by atoms with E-state index < -0.39 is 0 Å². The maximum absolute atomic E-state index is 9.22. The molecule has 0 atom stereocenters. The topological polar surface area (TPSA) is 37.3 Å². The van der Waals surface area contributed by atoms with Crippen LogP contribution < -0.4 is 0 Å². The van der Waals surface area contributed by atoms with Crippen molar-refractivity contribution in [2.24, 2.45) is 0 Å². The van der Waals surface area contributed by atoms with Gasteiger partial charge in [-0.2, -0.15) is 0 Å². The highest BCUT2D eigenvalue weighted by molar-refractivity contribution is 5.48. The Balaban J connectivity index is 3.33. The van der Waals surface area contributed by atoms with Crippen LogP contribution in [0.25, 0.3) is 0 Å². The van der Waals surface area contributed by atoms with Gasteiger partial charge in [-0.05, 0) is 6.08 Å². The van der Waals surface area contributed by atoms with E-state index in [9.17, 15) is 4.79 Å². The minimum atomic E-state index is 0.769. The lowest BCUT2D eigenvalue weighted by atomic mass is 10.6. The van der Waals surface area contributed by atoms with Gasteiger partial charge in [-0.15, -0.1) is 0 Å². The number of allylic oxidation sites excluding steroid dienone is 2. The summed E-state index contributed by atoms with van der Waals surface area (Å²) in [6.07, 6.45) is 3.03. The van der Waals surface area contributed by atoms with E-state index in [-0.39, 0.29) is 0 Å². The predicted octanol–water partition coefficient (Wildman–Crippen LogP) is 0.446. The van der Waals surface area contributed by atoms with Crippen molar-refractivity contribution in [1.29, 1.82) is 0 Å². The zero-order valence-corrected chi connectivity index (χ0v) is 3.09. The van der Waals surface area contributed by atoms with Crippen molar-refractivity contribution < 1.29 is 9.90 Å². The Morgan fingerprint density at radius 3 is 2.50 bits per heavy atom. The van der Waals surface area contributed by atoms with Crippen molar-refractivity contribution in [3.8, 4) is 0 Å². The molecule has 0 aromatic rings. The van der Waals surface area contributed by atoms with Crippen LogP contribution in [0.2, 0.25) is 0 Å². The Morgan fingerprint density at radius 1 is 1.67 bits per heavy atom. The molecular weight excluding hydrogens is 80.0 g/mol. The van der Waals surface area contributed by atoms with E-state index in [1.807, 2.05) is 0 Å². The lowest BCUT2D eigenvalue weighted by molar-refractivity contribution is 0.473. The smallest absolute Gasteiger partial charge is 0.124 e. The van der Waals surface area contributed by atoms with Crippen LogP contribution in [-0.4, -0.2) is 11.0 Å². The number of hydrogen-bond acceptors (Lipinski definition) is 2. The average Bonchev–Trinajstić information content (AvgIpc) is 1.61. The van der Waals surface area contributed by atoms with Gasteiger partial charge in [0.2, 0.25) is 0 Å². The number of aliphatic hydroxyl groups excluding tert-OH is 1. The molecular formula is C4H4O2. The van der Waals surface area contributed by atoms with Gasteiger partial charge in [0.1, 0.15) is 5.94 Å². The van der Waals surface area contributed by atoms with Gasteiger partial charge in [0.25, 0.3) is 0 Å². The number of aliphatic hydroxyl groups is 1. The van der Waals surface area contributed by atoms with Crippen molar-refractivity contribution in [2.75, 3.05) is 0 Å². The van der Waals surface area contributed by atoms with Crippen LogP contribution in [0.4, 0.5) is 0 Å². The first-order chi connectivity index (χ1) is 2.91. The van der Waals surface area contributed by atoms with Crippen LogP contribution in [0.5, 0.6) is 0 Å². The van der Waals surface area contributed by atoms with Gasteiger partial charge >= 0.3 is 0 Å². The van der Waals surface area contributed by atoms with Crippen molar-refractivity contribution in [2.45, 2.75) is 0 Å². The first-order valence-electron chi connectivity index (χ1n) is 1.42. The summed E-state index contributed by atoms with van der Waals surface area (Å²) in [6.45, 7) is 0. The van der Waals surface area contributed by atoms with Crippen LogP contribution in [0, 0.1) is 0 Å². The van der Waals surface area contributed by atoms with E-state index in [0.717, 1.165) is 12.3 Å². The van der Waals surface area contributed by atoms with Gasteiger partial charge < -0.3 is 5.11 Å². The lowest BCUT2D eigenvalue weighted by Crippen LogP contribution is -1.47. The van der Waals surface area contributed by atoms with Crippen molar-refractivity contribution >= 4 is 5.94 Å². The molecule has 0 saturated heterocycles. The van der Waals surface area contributed by atoms with Crippen molar-refractivity contribution in [3.63, 3.8) is 0 Å². The molecule has 0 aromatic heterocycles. The molecule has 0 bridgehead atoms. The molecule has 0 saturated carbocycles. The molecule has 0 unspecified atom stereocenters. The number of carbonyl (C=O) groups excluding carboxylic acids is 1. The van der Waals surface area contributed by atoms with E-state index in [1.54, 1.807) is 0 Å². The third-order valence-electron chi connectivity index (χ3n) is 0.250. The SMILES string of the molecule is O=C=C/C=C\O. The molecule has 0 spiro atoms. The molecule has 0 rings (SSSR count). The molecule has 0 aromatic carbocycles. The average molecular weight is 84.1 g/mol. The fourth-order valence-corrected chi connectivity index (χ4v) is 0.0823. The van der Waals surface area contributed by atoms with E-state index >= 15 is 0 Å². The summed E-state index contributed by atoms with van der Waals surface area (Å²) in [5.74, 6) is 1.45. The third kappa shape index (κ3) is 2.99. The molecule has 32 valence electrons. The third-order valence-corrected chi connectivity index (χ3v) is 0.250. The molecule has 0 aliphatic heterocycles. The van der Waals surface area contributed by atoms with Crippen LogP contribution in [0.3, 0.4) is 0 Å². The highest BCUT2D eigenvalue weighted by Gasteiger charge is 1.51. The standard InChI is InChI=1S/C4H4O2/c5-3-1-2-4-6/h1-3,5H/b3-1-. The number of rotatable bonds is 1. The Kier molecular flexibility index (Phi) is 3.32. The second-order valence-corrected chi connectivity index (χ2v) is 0.626. The molecule has 0 amide bonds. The van der Waals surface area contributed by atoms with Gasteiger partial charge in [0.05, 0.1) is 6.26 Å². The zero-order chi connectivity index (χ0) is 4.83.